The number of quaternary nitrogens is 2. The predicted molar refractivity (Wildman–Crippen MR) is 93.3 cm³/mol. The molecule has 3 saturated heterocycles. The van der Waals surface area contributed by atoms with Crippen LogP contribution in [0.5, 0.6) is 0 Å². The fourth-order valence-corrected chi connectivity index (χ4v) is 5.36. The molecule has 0 spiro atoms. The van der Waals surface area contributed by atoms with E-state index in [1.54, 1.807) is 0 Å². The van der Waals surface area contributed by atoms with Crippen molar-refractivity contribution in [3.05, 3.63) is 0 Å². The van der Waals surface area contributed by atoms with Crippen LogP contribution in [0.2, 0.25) is 0 Å². The van der Waals surface area contributed by atoms with Gasteiger partial charge in [0.15, 0.2) is 0 Å². The van der Waals surface area contributed by atoms with Crippen molar-refractivity contribution >= 4 is 0 Å². The van der Waals surface area contributed by atoms with Crippen LogP contribution in [0.15, 0.2) is 0 Å². The van der Waals surface area contributed by atoms with Crippen LogP contribution in [0.25, 0.3) is 0 Å². The molecule has 3 heterocycles. The summed E-state index contributed by atoms with van der Waals surface area (Å²) in [4.78, 5) is 0. The van der Waals surface area contributed by atoms with E-state index in [9.17, 15) is 0 Å². The number of morpholine rings is 1. The summed E-state index contributed by atoms with van der Waals surface area (Å²) in [6.45, 7) is 11.3. The second-order valence-corrected chi connectivity index (χ2v) is 8.90. The van der Waals surface area contributed by atoms with Crippen LogP contribution in [0.3, 0.4) is 0 Å². The van der Waals surface area contributed by atoms with Crippen molar-refractivity contribution in [1.82, 2.24) is 0 Å². The molecule has 0 unspecified atom stereocenters. The lowest BCUT2D eigenvalue weighted by Gasteiger charge is -2.51. The molecule has 0 amide bonds. The maximum atomic E-state index is 6.38. The van der Waals surface area contributed by atoms with Crippen LogP contribution in [-0.2, 0) is 9.47 Å². The molecule has 134 valence electrons. The van der Waals surface area contributed by atoms with Crippen molar-refractivity contribution in [2.75, 3.05) is 66.6 Å². The van der Waals surface area contributed by atoms with Crippen LogP contribution < -0.4 is 0 Å². The molecule has 3 aliphatic heterocycles. The second-order valence-electron chi connectivity index (χ2n) is 8.90. The van der Waals surface area contributed by atoms with Crippen molar-refractivity contribution in [3.8, 4) is 0 Å². The van der Waals surface area contributed by atoms with Gasteiger partial charge >= 0.3 is 0 Å². The average molecular weight is 327 g/mol. The SMILES string of the molecule is C[C@H](C[N+]1(C)CCOCC1)OC[C@@H]1CCC[N@+]2(C)CCCC[C@@H]12. The highest BCUT2D eigenvalue weighted by Crippen LogP contribution is 2.36. The molecule has 0 bridgehead atoms. The summed E-state index contributed by atoms with van der Waals surface area (Å²) < 4.78 is 14.3. The number of hydrogen-bond donors (Lipinski definition) is 0. The molecule has 0 N–H and O–H groups in total. The van der Waals surface area contributed by atoms with Crippen LogP contribution in [-0.4, -0.2) is 87.8 Å². The van der Waals surface area contributed by atoms with Crippen LogP contribution in [0.1, 0.15) is 39.0 Å². The number of likely N-dealkylation sites (N-methyl/N-ethyl adjacent to an activating group) is 1. The third-order valence-corrected chi connectivity index (χ3v) is 6.85. The van der Waals surface area contributed by atoms with Crippen LogP contribution >= 0.6 is 0 Å². The van der Waals surface area contributed by atoms with E-state index in [1.165, 1.54) is 49.7 Å². The lowest BCUT2D eigenvalue weighted by Crippen LogP contribution is -2.61. The molecule has 0 radical (unpaired) electrons. The third kappa shape index (κ3) is 4.28. The molecule has 4 heteroatoms. The van der Waals surface area contributed by atoms with Gasteiger partial charge in [0.2, 0.25) is 0 Å². The minimum atomic E-state index is 0.363. The maximum Gasteiger partial charge on any atom is 0.105 e. The molecule has 4 atom stereocenters. The first-order chi connectivity index (χ1) is 11.0. The lowest BCUT2D eigenvalue weighted by atomic mass is 9.82. The van der Waals surface area contributed by atoms with Crippen LogP contribution in [0, 0.1) is 5.92 Å². The van der Waals surface area contributed by atoms with E-state index in [4.69, 9.17) is 9.47 Å². The second kappa shape index (κ2) is 7.38. The molecule has 0 aromatic carbocycles. The Balaban J connectivity index is 1.49. The number of nitrogens with zero attached hydrogens (tertiary/aromatic N) is 2. The van der Waals surface area contributed by atoms with E-state index in [0.717, 1.165) is 55.9 Å². The molecule has 3 rings (SSSR count). The van der Waals surface area contributed by atoms with Gasteiger partial charge in [-0.25, -0.2) is 0 Å². The first kappa shape index (κ1) is 17.7. The molecule has 0 saturated carbocycles. The first-order valence-corrected chi connectivity index (χ1v) is 9.88. The predicted octanol–water partition coefficient (Wildman–Crippen LogP) is 2.28. The molecule has 3 fully saturated rings. The Hall–Kier alpha value is -0.160. The molecule has 0 aliphatic carbocycles. The van der Waals surface area contributed by atoms with Gasteiger partial charge in [-0.05, 0) is 32.6 Å². The highest BCUT2D eigenvalue weighted by molar-refractivity contribution is 4.79. The molecule has 0 aromatic rings. The van der Waals surface area contributed by atoms with Gasteiger partial charge in [-0.15, -0.1) is 0 Å². The standard InChI is InChI=1S/C19H38N2O2/c1-17(15-20(2)11-13-22-14-12-20)23-16-18-7-6-10-21(3)9-5-4-8-19(18)21/h17-19H,4-16H2,1-3H3/q+2/t17-,18+,19+,21+/m1/s1. The maximum absolute atomic E-state index is 6.38. The van der Waals surface area contributed by atoms with Gasteiger partial charge in [0.25, 0.3) is 0 Å². The van der Waals surface area contributed by atoms with E-state index >= 15 is 0 Å². The Morgan fingerprint density at radius 1 is 1.00 bits per heavy atom. The Kier molecular flexibility index (Phi) is 5.67. The highest BCUT2D eigenvalue weighted by atomic mass is 16.5. The van der Waals surface area contributed by atoms with Crippen molar-refractivity contribution in [2.45, 2.75) is 51.2 Å². The first-order valence-electron chi connectivity index (χ1n) is 9.88. The minimum Gasteiger partial charge on any atom is -0.372 e. The summed E-state index contributed by atoms with van der Waals surface area (Å²) in [5.74, 6) is 0.784. The zero-order valence-corrected chi connectivity index (χ0v) is 15.6. The van der Waals surface area contributed by atoms with Crippen LogP contribution in [0.4, 0.5) is 0 Å². The molecule has 0 aromatic heterocycles. The van der Waals surface area contributed by atoms with E-state index < -0.39 is 0 Å². The van der Waals surface area contributed by atoms with Gasteiger partial charge in [0.1, 0.15) is 25.7 Å². The Morgan fingerprint density at radius 3 is 2.52 bits per heavy atom. The number of rotatable bonds is 5. The van der Waals surface area contributed by atoms with E-state index in [0.29, 0.717) is 6.10 Å². The number of piperidine rings is 2. The Bertz CT molecular complexity index is 380. The van der Waals surface area contributed by atoms with Gasteiger partial charge in [-0.2, -0.15) is 0 Å². The van der Waals surface area contributed by atoms with Gasteiger partial charge in [0, 0.05) is 12.3 Å². The van der Waals surface area contributed by atoms with Crippen molar-refractivity contribution in [1.29, 1.82) is 0 Å². The van der Waals surface area contributed by atoms with Gasteiger partial charge in [0.05, 0.1) is 53.0 Å². The number of fused-ring (bicyclic) bond motifs is 1. The van der Waals surface area contributed by atoms with E-state index in [-0.39, 0.29) is 0 Å². The fraction of sp³-hybridized carbons (Fsp3) is 1.00. The monoisotopic (exact) mass is 326 g/mol. The topological polar surface area (TPSA) is 18.5 Å². The van der Waals surface area contributed by atoms with Gasteiger partial charge in [-0.1, -0.05) is 0 Å². The zero-order valence-electron chi connectivity index (χ0n) is 15.6. The largest absolute Gasteiger partial charge is 0.372 e. The summed E-state index contributed by atoms with van der Waals surface area (Å²) in [5.41, 5.74) is 0. The van der Waals surface area contributed by atoms with Crippen molar-refractivity contribution < 1.29 is 18.4 Å². The van der Waals surface area contributed by atoms with Crippen molar-refractivity contribution in [2.24, 2.45) is 5.92 Å². The van der Waals surface area contributed by atoms with E-state index in [1.807, 2.05) is 0 Å². The molecule has 23 heavy (non-hydrogen) atoms. The summed E-state index contributed by atoms with van der Waals surface area (Å²) in [7, 11) is 4.86. The molecular weight excluding hydrogens is 288 g/mol. The Morgan fingerprint density at radius 2 is 1.74 bits per heavy atom. The summed E-state index contributed by atoms with van der Waals surface area (Å²) in [5, 5.41) is 0. The molecule has 3 aliphatic rings. The number of ether oxygens (including phenoxy) is 2. The van der Waals surface area contributed by atoms with Gasteiger partial charge < -0.3 is 18.4 Å². The summed E-state index contributed by atoms with van der Waals surface area (Å²) in [6.07, 6.45) is 7.41. The van der Waals surface area contributed by atoms with Crippen molar-refractivity contribution in [3.63, 3.8) is 0 Å². The Labute approximate surface area is 142 Å². The van der Waals surface area contributed by atoms with Gasteiger partial charge in [-0.3, -0.25) is 0 Å². The van der Waals surface area contributed by atoms with E-state index in [2.05, 4.69) is 21.0 Å². The quantitative estimate of drug-likeness (QED) is 0.722. The summed E-state index contributed by atoms with van der Waals surface area (Å²) >= 11 is 0. The summed E-state index contributed by atoms with van der Waals surface area (Å²) in [6, 6.07) is 0.859. The molecular formula is C19H38N2O2+2. The average Bonchev–Trinajstić information content (AvgIpc) is 2.52. The lowest BCUT2D eigenvalue weighted by molar-refractivity contribution is -0.947. The molecule has 4 nitrogen and oxygen atoms in total. The minimum absolute atomic E-state index is 0.363. The fourth-order valence-electron chi connectivity index (χ4n) is 5.36. The zero-order chi connectivity index (χ0) is 16.3. The number of hydrogen-bond acceptors (Lipinski definition) is 2. The third-order valence-electron chi connectivity index (χ3n) is 6.85. The highest BCUT2D eigenvalue weighted by Gasteiger charge is 2.43. The smallest absolute Gasteiger partial charge is 0.105 e. The normalized spacial score (nSPS) is 38.7.